The SMILES string of the molecule is NC1(C(=O)N2CCN(c3ncc(C(F)(F)F)cc3Cl)CC2)CCOCC1. The summed E-state index contributed by atoms with van der Waals surface area (Å²) in [5.74, 6) is 0.187. The van der Waals surface area contributed by atoms with E-state index in [1.807, 2.05) is 0 Å². The van der Waals surface area contributed by atoms with Crippen molar-refractivity contribution < 1.29 is 22.7 Å². The summed E-state index contributed by atoms with van der Waals surface area (Å²) < 4.78 is 43.4. The van der Waals surface area contributed by atoms with Gasteiger partial charge in [-0.25, -0.2) is 4.98 Å². The van der Waals surface area contributed by atoms with Crippen molar-refractivity contribution in [2.45, 2.75) is 24.6 Å². The fourth-order valence-corrected chi connectivity index (χ4v) is 3.49. The highest BCUT2D eigenvalue weighted by atomic mass is 35.5. The second kappa shape index (κ2) is 7.21. The van der Waals surface area contributed by atoms with Gasteiger partial charge < -0.3 is 20.3 Å². The number of piperazine rings is 1. The molecule has 2 fully saturated rings. The minimum Gasteiger partial charge on any atom is -0.381 e. The van der Waals surface area contributed by atoms with E-state index >= 15 is 0 Å². The number of ether oxygens (including phenoxy) is 1. The summed E-state index contributed by atoms with van der Waals surface area (Å²) in [6.07, 6.45) is -2.74. The van der Waals surface area contributed by atoms with Gasteiger partial charge in [-0.2, -0.15) is 13.2 Å². The molecule has 0 spiro atoms. The van der Waals surface area contributed by atoms with Crippen molar-refractivity contribution in [2.24, 2.45) is 5.73 Å². The highest BCUT2D eigenvalue weighted by Gasteiger charge is 2.40. The Bertz CT molecular complexity index is 672. The Morgan fingerprint density at radius 3 is 2.38 bits per heavy atom. The van der Waals surface area contributed by atoms with E-state index < -0.39 is 17.3 Å². The molecule has 26 heavy (non-hydrogen) atoms. The minimum absolute atomic E-state index is 0.0562. The van der Waals surface area contributed by atoms with E-state index in [2.05, 4.69) is 4.98 Å². The maximum Gasteiger partial charge on any atom is 0.417 e. The molecule has 0 saturated carbocycles. The zero-order chi connectivity index (χ0) is 18.9. The van der Waals surface area contributed by atoms with Crippen molar-refractivity contribution in [3.05, 3.63) is 22.8 Å². The summed E-state index contributed by atoms with van der Waals surface area (Å²) in [5.41, 5.74) is 4.45. The van der Waals surface area contributed by atoms with Crippen LogP contribution in [0.15, 0.2) is 12.3 Å². The average molecular weight is 393 g/mol. The number of aromatic nitrogens is 1. The highest BCUT2D eigenvalue weighted by Crippen LogP contribution is 2.34. The van der Waals surface area contributed by atoms with Gasteiger partial charge in [-0.05, 0) is 18.9 Å². The number of amides is 1. The topological polar surface area (TPSA) is 71.7 Å². The van der Waals surface area contributed by atoms with E-state index in [0.29, 0.717) is 58.1 Å². The predicted octanol–water partition coefficient (Wildman–Crippen LogP) is 1.91. The van der Waals surface area contributed by atoms with E-state index in [4.69, 9.17) is 22.1 Å². The molecule has 0 aliphatic carbocycles. The van der Waals surface area contributed by atoms with Gasteiger partial charge in [0.1, 0.15) is 5.82 Å². The molecule has 1 aromatic rings. The van der Waals surface area contributed by atoms with E-state index in [1.54, 1.807) is 9.80 Å². The first kappa shape index (κ1) is 19.2. The maximum absolute atomic E-state index is 12.7. The lowest BCUT2D eigenvalue weighted by molar-refractivity contribution is -0.141. The third kappa shape index (κ3) is 3.89. The monoisotopic (exact) mass is 392 g/mol. The van der Waals surface area contributed by atoms with Gasteiger partial charge in [0.05, 0.1) is 16.1 Å². The predicted molar refractivity (Wildman–Crippen MR) is 90.0 cm³/mol. The molecule has 3 rings (SSSR count). The van der Waals surface area contributed by atoms with Crippen LogP contribution < -0.4 is 10.6 Å². The van der Waals surface area contributed by atoms with Gasteiger partial charge in [0.15, 0.2) is 0 Å². The fraction of sp³-hybridized carbons (Fsp3) is 0.625. The van der Waals surface area contributed by atoms with Gasteiger partial charge in [-0.15, -0.1) is 0 Å². The van der Waals surface area contributed by atoms with Crippen LogP contribution in [0.1, 0.15) is 18.4 Å². The van der Waals surface area contributed by atoms with Gasteiger partial charge in [0.25, 0.3) is 0 Å². The average Bonchev–Trinajstić information content (AvgIpc) is 2.61. The Morgan fingerprint density at radius 2 is 1.85 bits per heavy atom. The summed E-state index contributed by atoms with van der Waals surface area (Å²) in [4.78, 5) is 20.0. The first-order valence-electron chi connectivity index (χ1n) is 8.34. The summed E-state index contributed by atoms with van der Waals surface area (Å²) in [6, 6.07) is 0.873. The Labute approximate surface area is 154 Å². The second-order valence-electron chi connectivity index (χ2n) is 6.57. The van der Waals surface area contributed by atoms with Gasteiger partial charge in [-0.3, -0.25) is 4.79 Å². The number of alkyl halides is 3. The van der Waals surface area contributed by atoms with E-state index in [-0.39, 0.29) is 10.9 Å². The summed E-state index contributed by atoms with van der Waals surface area (Å²) in [7, 11) is 0. The van der Waals surface area contributed by atoms with Crippen molar-refractivity contribution in [2.75, 3.05) is 44.3 Å². The standard InChI is InChI=1S/C16H20ClF3N4O2/c17-12-9-11(16(18,19)20)10-22-13(12)23-3-5-24(6-4-23)14(25)15(21)1-7-26-8-2-15/h9-10H,1-8,21H2. The van der Waals surface area contributed by atoms with Crippen molar-refractivity contribution in [3.8, 4) is 0 Å². The van der Waals surface area contributed by atoms with E-state index in [0.717, 1.165) is 12.3 Å². The molecule has 0 bridgehead atoms. The minimum atomic E-state index is -4.49. The molecular formula is C16H20ClF3N4O2. The van der Waals surface area contributed by atoms with Crippen LogP contribution in [-0.2, 0) is 15.7 Å². The molecule has 2 N–H and O–H groups in total. The lowest BCUT2D eigenvalue weighted by Gasteiger charge is -2.41. The number of pyridine rings is 1. The molecular weight excluding hydrogens is 373 g/mol. The number of rotatable bonds is 2. The van der Waals surface area contributed by atoms with Crippen LogP contribution in [0.4, 0.5) is 19.0 Å². The summed E-state index contributed by atoms with van der Waals surface area (Å²) >= 11 is 5.99. The molecule has 0 radical (unpaired) electrons. The molecule has 10 heteroatoms. The molecule has 0 atom stereocenters. The van der Waals surface area contributed by atoms with Crippen molar-refractivity contribution >= 4 is 23.3 Å². The van der Waals surface area contributed by atoms with E-state index in [9.17, 15) is 18.0 Å². The molecule has 2 aliphatic rings. The number of hydrogen-bond acceptors (Lipinski definition) is 5. The normalized spacial score (nSPS) is 21.0. The number of carbonyl (C=O) groups is 1. The number of hydrogen-bond donors (Lipinski definition) is 1. The first-order chi connectivity index (χ1) is 12.2. The zero-order valence-electron chi connectivity index (χ0n) is 14.1. The van der Waals surface area contributed by atoms with Crippen LogP contribution in [-0.4, -0.2) is 60.7 Å². The molecule has 144 valence electrons. The quantitative estimate of drug-likeness (QED) is 0.832. The third-order valence-corrected chi connectivity index (χ3v) is 5.10. The number of carbonyl (C=O) groups excluding carboxylic acids is 1. The molecule has 2 aliphatic heterocycles. The fourth-order valence-electron chi connectivity index (χ4n) is 3.20. The van der Waals surface area contributed by atoms with Crippen LogP contribution in [0.25, 0.3) is 0 Å². The van der Waals surface area contributed by atoms with Crippen LogP contribution in [0.2, 0.25) is 5.02 Å². The molecule has 1 amide bonds. The Hall–Kier alpha value is -1.58. The first-order valence-corrected chi connectivity index (χ1v) is 8.72. The molecule has 3 heterocycles. The van der Waals surface area contributed by atoms with Crippen molar-refractivity contribution in [3.63, 3.8) is 0 Å². The van der Waals surface area contributed by atoms with Crippen LogP contribution >= 0.6 is 11.6 Å². The maximum atomic E-state index is 12.7. The molecule has 2 saturated heterocycles. The Balaban J connectivity index is 1.64. The molecule has 1 aromatic heterocycles. The summed E-state index contributed by atoms with van der Waals surface area (Å²) in [5, 5.41) is -0.0562. The number of anilines is 1. The number of nitrogens with two attached hydrogens (primary N) is 1. The zero-order valence-corrected chi connectivity index (χ0v) is 14.8. The largest absolute Gasteiger partial charge is 0.417 e. The van der Waals surface area contributed by atoms with Gasteiger partial charge in [0, 0.05) is 45.6 Å². The molecule has 0 unspecified atom stereocenters. The lowest BCUT2D eigenvalue weighted by Crippen LogP contribution is -2.61. The van der Waals surface area contributed by atoms with Crippen molar-refractivity contribution in [1.82, 2.24) is 9.88 Å². The Morgan fingerprint density at radius 1 is 1.23 bits per heavy atom. The van der Waals surface area contributed by atoms with Crippen molar-refractivity contribution in [1.29, 1.82) is 0 Å². The second-order valence-corrected chi connectivity index (χ2v) is 6.98. The van der Waals surface area contributed by atoms with Gasteiger partial charge in [-0.1, -0.05) is 11.6 Å². The number of nitrogens with zero attached hydrogens (tertiary/aromatic N) is 3. The smallest absolute Gasteiger partial charge is 0.381 e. The molecule has 6 nitrogen and oxygen atoms in total. The highest BCUT2D eigenvalue weighted by molar-refractivity contribution is 6.33. The van der Waals surface area contributed by atoms with Crippen LogP contribution in [0.3, 0.4) is 0 Å². The van der Waals surface area contributed by atoms with Crippen LogP contribution in [0.5, 0.6) is 0 Å². The number of halogens is 4. The molecule has 0 aromatic carbocycles. The lowest BCUT2D eigenvalue weighted by atomic mass is 9.89. The van der Waals surface area contributed by atoms with Crippen LogP contribution in [0, 0.1) is 0 Å². The van der Waals surface area contributed by atoms with E-state index in [1.165, 1.54) is 0 Å². The third-order valence-electron chi connectivity index (χ3n) is 4.83. The van der Waals surface area contributed by atoms with Gasteiger partial charge in [0.2, 0.25) is 5.91 Å². The summed E-state index contributed by atoms with van der Waals surface area (Å²) in [6.45, 7) is 2.61. The van der Waals surface area contributed by atoms with Gasteiger partial charge >= 0.3 is 6.18 Å². The Kier molecular flexibility index (Phi) is 5.32.